The van der Waals surface area contributed by atoms with E-state index in [1.54, 1.807) is 92.9 Å². The molecule has 0 radical (unpaired) electrons. The highest BCUT2D eigenvalue weighted by Crippen LogP contribution is 2.32. The van der Waals surface area contributed by atoms with E-state index in [9.17, 15) is 38.4 Å². The molecule has 4 heterocycles. The van der Waals surface area contributed by atoms with E-state index >= 15 is 0 Å². The number of fused-ring (bicyclic) bond motifs is 5. The number of halogens is 1. The molecule has 15 heteroatoms. The second-order valence-electron chi connectivity index (χ2n) is 18.0. The van der Waals surface area contributed by atoms with Gasteiger partial charge >= 0.3 is 0 Å². The van der Waals surface area contributed by atoms with Crippen LogP contribution in [-0.4, -0.2) is 68.7 Å². The van der Waals surface area contributed by atoms with E-state index in [1.165, 1.54) is 16.1 Å². The summed E-state index contributed by atoms with van der Waals surface area (Å²) in [6.07, 6.45) is 2.07. The van der Waals surface area contributed by atoms with Crippen LogP contribution in [0.1, 0.15) is 114 Å². The second-order valence-corrected chi connectivity index (χ2v) is 18.4. The van der Waals surface area contributed by atoms with E-state index in [1.807, 2.05) is 86.6 Å². The second kappa shape index (κ2) is 22.0. The summed E-state index contributed by atoms with van der Waals surface area (Å²) >= 11 is 5.75. The van der Waals surface area contributed by atoms with E-state index in [0.717, 1.165) is 39.1 Å². The fraction of sp³-hybridized carbons (Fsp3) is 0.131. The number of ether oxygens (including phenoxy) is 1. The van der Waals surface area contributed by atoms with Crippen molar-refractivity contribution in [2.75, 3.05) is 7.11 Å². The summed E-state index contributed by atoms with van der Waals surface area (Å²) in [5.74, 6) is -0.138. The molecule has 0 saturated carbocycles. The number of benzene rings is 6. The smallest absolute Gasteiger partial charge is 0.261 e. The first-order valence-electron chi connectivity index (χ1n) is 24.0. The lowest BCUT2D eigenvalue weighted by molar-refractivity contribution is -0.129. The minimum atomic E-state index is -0.295. The van der Waals surface area contributed by atoms with Crippen LogP contribution >= 0.6 is 11.6 Å². The number of ketones is 4. The number of carbonyl (C=O) groups is 8. The molecule has 378 valence electrons. The molecule has 6 aromatic carbocycles. The summed E-state index contributed by atoms with van der Waals surface area (Å²) in [6.45, 7) is 5.96. The zero-order valence-electron chi connectivity index (χ0n) is 41.5. The fourth-order valence-electron chi connectivity index (χ4n) is 8.87. The number of amides is 4. The van der Waals surface area contributed by atoms with E-state index in [2.05, 4.69) is 4.98 Å². The van der Waals surface area contributed by atoms with Crippen molar-refractivity contribution in [1.82, 2.24) is 14.8 Å². The van der Waals surface area contributed by atoms with Gasteiger partial charge in [-0.2, -0.15) is 0 Å². The van der Waals surface area contributed by atoms with Gasteiger partial charge in [0.05, 0.1) is 44.3 Å². The molecule has 0 bridgehead atoms. The largest absolute Gasteiger partial charge is 0.496 e. The predicted molar refractivity (Wildman–Crippen MR) is 280 cm³/mol. The summed E-state index contributed by atoms with van der Waals surface area (Å²) in [5.41, 5.74) is 8.57. The Morgan fingerprint density at radius 3 is 1.62 bits per heavy atom. The number of oxazole rings is 1. The van der Waals surface area contributed by atoms with Crippen molar-refractivity contribution in [2.45, 2.75) is 46.7 Å². The molecule has 4 aliphatic rings. The third-order valence-electron chi connectivity index (χ3n) is 13.0. The molecule has 2 aliphatic carbocycles. The number of aryl methyl sites for hydroxylation is 2. The summed E-state index contributed by atoms with van der Waals surface area (Å²) < 4.78 is 16.1. The summed E-state index contributed by atoms with van der Waals surface area (Å²) in [5, 5.41) is 0.0358. The van der Waals surface area contributed by atoms with Crippen LogP contribution in [0.4, 0.5) is 0 Å². The van der Waals surface area contributed by atoms with Gasteiger partial charge in [-0.1, -0.05) is 126 Å². The number of aromatic nitrogens is 1. The van der Waals surface area contributed by atoms with Gasteiger partial charge in [0.1, 0.15) is 11.5 Å². The predicted octanol–water partition coefficient (Wildman–Crippen LogP) is 10.7. The van der Waals surface area contributed by atoms with Gasteiger partial charge in [-0.05, 0) is 85.5 Å². The Hall–Kier alpha value is -9.40. The highest BCUT2D eigenvalue weighted by molar-refractivity contribution is 6.50. The number of imide groups is 2. The molecule has 0 fully saturated rings. The Bertz CT molecular complexity index is 3610. The zero-order chi connectivity index (χ0) is 53.8. The Kier molecular flexibility index (Phi) is 14.9. The van der Waals surface area contributed by atoms with Gasteiger partial charge in [0.2, 0.25) is 40.8 Å². The summed E-state index contributed by atoms with van der Waals surface area (Å²) in [7, 11) is 1.61. The lowest BCUT2D eigenvalue weighted by atomic mass is 9.90. The van der Waals surface area contributed by atoms with E-state index in [4.69, 9.17) is 25.2 Å². The van der Waals surface area contributed by atoms with Gasteiger partial charge in [0.15, 0.2) is 11.5 Å². The molecular weight excluding hydrogens is 986 g/mol. The van der Waals surface area contributed by atoms with Crippen molar-refractivity contribution in [3.05, 3.63) is 247 Å². The molecule has 0 atom stereocenters. The minimum Gasteiger partial charge on any atom is -0.496 e. The maximum atomic E-state index is 12.5. The molecule has 8 aromatic rings. The van der Waals surface area contributed by atoms with Gasteiger partial charge in [-0.15, -0.1) is 0 Å². The molecule has 4 amide bonds. The van der Waals surface area contributed by atoms with Crippen molar-refractivity contribution < 1.29 is 51.9 Å². The first-order chi connectivity index (χ1) is 36.6. The molecule has 14 nitrogen and oxygen atoms in total. The minimum absolute atomic E-state index is 0.0271. The van der Waals surface area contributed by atoms with Crippen LogP contribution in [0.25, 0.3) is 11.5 Å². The molecule has 12 rings (SSSR count). The monoisotopic (exact) mass is 1030 g/mol. The average molecular weight is 1030 g/mol. The normalized spacial score (nSPS) is 14.2. The van der Waals surface area contributed by atoms with Gasteiger partial charge in [0, 0.05) is 44.5 Å². The van der Waals surface area contributed by atoms with Crippen molar-refractivity contribution in [3.8, 4) is 17.2 Å². The highest BCUT2D eigenvalue weighted by atomic mass is 35.5. The number of hydrogen-bond acceptors (Lipinski definition) is 12. The van der Waals surface area contributed by atoms with Gasteiger partial charge in [-0.25, -0.2) is 4.98 Å². The van der Waals surface area contributed by atoms with Crippen LogP contribution in [0.15, 0.2) is 177 Å². The summed E-state index contributed by atoms with van der Waals surface area (Å²) in [6, 6.07) is 44.7. The lowest BCUT2D eigenvalue weighted by Gasteiger charge is -2.27. The molecule has 0 saturated heterocycles. The van der Waals surface area contributed by atoms with Gasteiger partial charge < -0.3 is 13.6 Å². The van der Waals surface area contributed by atoms with Gasteiger partial charge in [0.25, 0.3) is 11.8 Å². The lowest BCUT2D eigenvalue weighted by Crippen LogP contribution is -2.41. The zero-order valence-corrected chi connectivity index (χ0v) is 42.3. The fourth-order valence-corrected chi connectivity index (χ4v) is 9.06. The molecule has 76 heavy (non-hydrogen) atoms. The number of furan rings is 1. The first kappa shape index (κ1) is 51.5. The van der Waals surface area contributed by atoms with Crippen molar-refractivity contribution in [2.24, 2.45) is 0 Å². The topological polar surface area (TPSA) is 191 Å². The molecule has 0 spiro atoms. The van der Waals surface area contributed by atoms with Crippen LogP contribution in [0, 0.1) is 13.8 Å². The standard InChI is InChI=1S/C18H11NO3.C18H17NO3.C14H11NO3.C11H7ClO2/c1-10-6-8-11(9-7-10)18-19-14-15(20)12-4-2-3-5-13(12)16(21)17(14)22-18;1-12-7-8-13(9-16(12)22-2)11-19-17(20)10-14-5-3-4-6-15(14)18(19)21;16-13-8-10-4-1-2-6-12(10)14(17)15(13)9-11-5-3-7-18-11;1-6-9(12)11(14)8-5-3-2-4-7(8)10(6)13/h2-9H,1H3;3-9H,10-11H2,1-2H3;1-7H,8-9H2;2-5H,1H3. The SMILES string of the molecule is CC1=C(Cl)C(=O)c2ccccc2C1=O.COc1cc(CN2C(=O)Cc3ccccc3C2=O)ccc1C.Cc1ccc(-c2nc3c(o2)C(=O)c2ccccc2C3=O)cc1.O=C1Cc2ccccc2C(=O)N1Cc1ccco1. The maximum absolute atomic E-state index is 12.5. The molecule has 2 aromatic heterocycles. The number of carbonyl (C=O) groups excluding carboxylic acids is 8. The maximum Gasteiger partial charge on any atom is 0.261 e. The number of rotatable bonds is 6. The van der Waals surface area contributed by atoms with Crippen molar-refractivity contribution in [3.63, 3.8) is 0 Å². The average Bonchev–Trinajstić information content (AvgIpc) is 4.14. The molecular formula is C61H46ClN3O11. The van der Waals surface area contributed by atoms with Crippen LogP contribution < -0.4 is 4.74 Å². The van der Waals surface area contributed by atoms with Crippen LogP contribution in [0.5, 0.6) is 5.75 Å². The molecule has 0 N–H and O–H groups in total. The quantitative estimate of drug-likeness (QED) is 0.143. The number of allylic oxidation sites excluding steroid dienone is 2. The third-order valence-corrected chi connectivity index (χ3v) is 13.5. The van der Waals surface area contributed by atoms with Gasteiger partial charge in [-0.3, -0.25) is 48.2 Å². The Morgan fingerprint density at radius 1 is 0.553 bits per heavy atom. The Balaban J connectivity index is 0.000000126. The number of methoxy groups -OCH3 is 1. The third kappa shape index (κ3) is 10.4. The molecule has 0 unspecified atom stereocenters. The highest BCUT2D eigenvalue weighted by Gasteiger charge is 2.36. The van der Waals surface area contributed by atoms with Crippen LogP contribution in [-0.2, 0) is 35.5 Å². The number of Topliss-reactive ketones (excluding diaryl/α,β-unsaturated/α-hetero) is 2. The first-order valence-corrected chi connectivity index (χ1v) is 24.3. The van der Waals surface area contributed by atoms with E-state index < -0.39 is 0 Å². The van der Waals surface area contributed by atoms with Crippen LogP contribution in [0.3, 0.4) is 0 Å². The number of hydrogen-bond donors (Lipinski definition) is 0. The van der Waals surface area contributed by atoms with Crippen LogP contribution in [0.2, 0.25) is 0 Å². The number of nitrogens with zero attached hydrogens (tertiary/aromatic N) is 3. The Morgan fingerprint density at radius 2 is 1.07 bits per heavy atom. The molecule has 2 aliphatic heterocycles. The van der Waals surface area contributed by atoms with Crippen molar-refractivity contribution >= 4 is 58.4 Å². The van der Waals surface area contributed by atoms with E-state index in [-0.39, 0.29) is 89.2 Å². The Labute approximate surface area is 441 Å². The summed E-state index contributed by atoms with van der Waals surface area (Å²) in [4.78, 5) is 104. The van der Waals surface area contributed by atoms with Crippen molar-refractivity contribution in [1.29, 1.82) is 0 Å². The van der Waals surface area contributed by atoms with E-state index in [0.29, 0.717) is 50.6 Å².